The molecule has 0 aliphatic carbocycles. The van der Waals surface area contributed by atoms with E-state index in [0.717, 1.165) is 41.6 Å². The Balaban J connectivity index is 1.54. The monoisotopic (exact) mass is 343 g/mol. The van der Waals surface area contributed by atoms with Gasteiger partial charge < -0.3 is 14.1 Å². The number of aryl methyl sites for hydroxylation is 1. The van der Waals surface area contributed by atoms with Crippen molar-refractivity contribution in [2.75, 3.05) is 19.7 Å². The van der Waals surface area contributed by atoms with Crippen molar-refractivity contribution in [2.24, 2.45) is 11.8 Å². The van der Waals surface area contributed by atoms with Crippen LogP contribution in [0.2, 0.25) is 0 Å². The Morgan fingerprint density at radius 3 is 2.68 bits per heavy atom. The van der Waals surface area contributed by atoms with Gasteiger partial charge >= 0.3 is 5.97 Å². The van der Waals surface area contributed by atoms with Crippen molar-refractivity contribution < 1.29 is 18.7 Å². The Morgan fingerprint density at radius 2 is 1.96 bits per heavy atom. The van der Waals surface area contributed by atoms with Gasteiger partial charge in [-0.3, -0.25) is 9.59 Å². The van der Waals surface area contributed by atoms with E-state index in [9.17, 15) is 9.59 Å². The molecule has 1 aliphatic heterocycles. The fourth-order valence-corrected chi connectivity index (χ4v) is 3.63. The summed E-state index contributed by atoms with van der Waals surface area (Å²) < 4.78 is 10.7. The number of amides is 1. The normalized spacial score (nSPS) is 20.7. The SMILES string of the molecule is Cc1ccc2c(CC(=O)OCC(=O)N3C[C@H](C)C[C@@H](C)C3)coc2c1. The molecule has 1 aliphatic rings. The zero-order valence-corrected chi connectivity index (χ0v) is 15.1. The summed E-state index contributed by atoms with van der Waals surface area (Å²) in [5.41, 5.74) is 2.65. The molecule has 0 N–H and O–H groups in total. The number of carbonyl (C=O) groups is 2. The predicted molar refractivity (Wildman–Crippen MR) is 95.1 cm³/mol. The fraction of sp³-hybridized carbons (Fsp3) is 0.500. The molecule has 0 unspecified atom stereocenters. The van der Waals surface area contributed by atoms with E-state index in [1.165, 1.54) is 0 Å². The van der Waals surface area contributed by atoms with E-state index in [1.54, 1.807) is 6.26 Å². The molecule has 1 amide bonds. The van der Waals surface area contributed by atoms with Gasteiger partial charge in [-0.05, 0) is 36.8 Å². The van der Waals surface area contributed by atoms with Crippen molar-refractivity contribution in [3.05, 3.63) is 35.6 Å². The van der Waals surface area contributed by atoms with E-state index in [-0.39, 0.29) is 18.9 Å². The van der Waals surface area contributed by atoms with Crippen molar-refractivity contribution in [3.8, 4) is 0 Å². The Morgan fingerprint density at radius 1 is 1.24 bits per heavy atom. The van der Waals surface area contributed by atoms with Gasteiger partial charge in [-0.1, -0.05) is 26.0 Å². The van der Waals surface area contributed by atoms with Gasteiger partial charge in [0.1, 0.15) is 5.58 Å². The molecule has 3 rings (SSSR count). The third-order valence-corrected chi connectivity index (χ3v) is 4.72. The topological polar surface area (TPSA) is 59.8 Å². The summed E-state index contributed by atoms with van der Waals surface area (Å²) in [7, 11) is 0. The van der Waals surface area contributed by atoms with Crippen LogP contribution in [-0.2, 0) is 20.7 Å². The molecule has 1 aromatic heterocycles. The van der Waals surface area contributed by atoms with E-state index in [1.807, 2.05) is 30.0 Å². The molecular formula is C20H25NO4. The van der Waals surface area contributed by atoms with Gasteiger partial charge in [0.25, 0.3) is 5.91 Å². The number of benzene rings is 1. The highest BCUT2D eigenvalue weighted by Gasteiger charge is 2.26. The zero-order valence-electron chi connectivity index (χ0n) is 15.1. The van der Waals surface area contributed by atoms with E-state index in [0.29, 0.717) is 11.8 Å². The van der Waals surface area contributed by atoms with Crippen LogP contribution in [-0.4, -0.2) is 36.5 Å². The summed E-state index contributed by atoms with van der Waals surface area (Å²) in [5.74, 6) is 0.461. The summed E-state index contributed by atoms with van der Waals surface area (Å²) in [6, 6.07) is 5.86. The lowest BCUT2D eigenvalue weighted by molar-refractivity contribution is -0.152. The smallest absolute Gasteiger partial charge is 0.310 e. The lowest BCUT2D eigenvalue weighted by Gasteiger charge is -2.34. The van der Waals surface area contributed by atoms with E-state index in [2.05, 4.69) is 13.8 Å². The van der Waals surface area contributed by atoms with Gasteiger partial charge in [0.05, 0.1) is 12.7 Å². The third-order valence-electron chi connectivity index (χ3n) is 4.72. The first-order chi connectivity index (χ1) is 11.9. The molecule has 5 heteroatoms. The fourth-order valence-electron chi connectivity index (χ4n) is 3.63. The molecule has 1 fully saturated rings. The molecule has 0 radical (unpaired) electrons. The van der Waals surface area contributed by atoms with Crippen molar-refractivity contribution >= 4 is 22.8 Å². The molecule has 5 nitrogen and oxygen atoms in total. The first-order valence-electron chi connectivity index (χ1n) is 8.82. The maximum Gasteiger partial charge on any atom is 0.310 e. The number of piperidine rings is 1. The summed E-state index contributed by atoms with van der Waals surface area (Å²) >= 11 is 0. The number of esters is 1. The first-order valence-corrected chi connectivity index (χ1v) is 8.82. The maximum atomic E-state index is 12.3. The molecule has 2 atom stereocenters. The third kappa shape index (κ3) is 4.21. The van der Waals surface area contributed by atoms with Crippen molar-refractivity contribution in [2.45, 2.75) is 33.6 Å². The molecule has 0 saturated carbocycles. The highest BCUT2D eigenvalue weighted by molar-refractivity contribution is 5.87. The van der Waals surface area contributed by atoms with Crippen LogP contribution in [0.15, 0.2) is 28.9 Å². The summed E-state index contributed by atoms with van der Waals surface area (Å²) in [5, 5.41) is 0.910. The number of rotatable bonds is 4. The molecule has 2 aromatic rings. The molecule has 134 valence electrons. The minimum Gasteiger partial charge on any atom is -0.464 e. The molecular weight excluding hydrogens is 318 g/mol. The van der Waals surface area contributed by atoms with Crippen molar-refractivity contribution in [1.82, 2.24) is 4.90 Å². The highest BCUT2D eigenvalue weighted by atomic mass is 16.5. The van der Waals surface area contributed by atoms with Crippen LogP contribution in [0.5, 0.6) is 0 Å². The summed E-state index contributed by atoms with van der Waals surface area (Å²) in [6.45, 7) is 7.58. The molecule has 25 heavy (non-hydrogen) atoms. The number of fused-ring (bicyclic) bond motifs is 1. The number of likely N-dealkylation sites (tertiary alicyclic amines) is 1. The maximum absolute atomic E-state index is 12.3. The Kier molecular flexibility index (Phi) is 5.11. The lowest BCUT2D eigenvalue weighted by Crippen LogP contribution is -2.44. The molecule has 1 saturated heterocycles. The quantitative estimate of drug-likeness (QED) is 0.799. The minimum atomic E-state index is -0.408. The predicted octanol–water partition coefficient (Wildman–Crippen LogP) is 3.33. The van der Waals surface area contributed by atoms with Gasteiger partial charge in [-0.15, -0.1) is 0 Å². The average molecular weight is 343 g/mol. The van der Waals surface area contributed by atoms with Crippen LogP contribution in [0.1, 0.15) is 31.4 Å². The average Bonchev–Trinajstić information content (AvgIpc) is 2.93. The van der Waals surface area contributed by atoms with E-state index >= 15 is 0 Å². The van der Waals surface area contributed by atoms with Gasteiger partial charge in [0.2, 0.25) is 0 Å². The van der Waals surface area contributed by atoms with Gasteiger partial charge in [0, 0.05) is 24.0 Å². The second-order valence-corrected chi connectivity index (χ2v) is 7.34. The number of carbonyl (C=O) groups excluding carboxylic acids is 2. The number of hydrogen-bond acceptors (Lipinski definition) is 4. The van der Waals surface area contributed by atoms with Crippen LogP contribution >= 0.6 is 0 Å². The van der Waals surface area contributed by atoms with Crippen LogP contribution in [0.3, 0.4) is 0 Å². The van der Waals surface area contributed by atoms with Gasteiger partial charge in [-0.2, -0.15) is 0 Å². The largest absolute Gasteiger partial charge is 0.464 e. The van der Waals surface area contributed by atoms with Crippen molar-refractivity contribution in [1.29, 1.82) is 0 Å². The first kappa shape index (κ1) is 17.5. The highest BCUT2D eigenvalue weighted by Crippen LogP contribution is 2.23. The van der Waals surface area contributed by atoms with Gasteiger partial charge in [-0.25, -0.2) is 0 Å². The van der Waals surface area contributed by atoms with Crippen LogP contribution in [0.25, 0.3) is 11.0 Å². The standard InChI is InChI=1S/C20H25NO4/c1-13-4-5-17-16(11-24-18(17)7-13)8-20(23)25-12-19(22)21-9-14(2)6-15(3)10-21/h4-5,7,11,14-15H,6,8-10,12H2,1-3H3/t14-,15-/m1/s1. The number of nitrogens with zero attached hydrogens (tertiary/aromatic N) is 1. The van der Waals surface area contributed by atoms with E-state index < -0.39 is 5.97 Å². The lowest BCUT2D eigenvalue weighted by atomic mass is 9.92. The number of furan rings is 1. The number of hydrogen-bond donors (Lipinski definition) is 0. The minimum absolute atomic E-state index is 0.107. The van der Waals surface area contributed by atoms with E-state index in [4.69, 9.17) is 9.15 Å². The second kappa shape index (κ2) is 7.30. The van der Waals surface area contributed by atoms with Crippen LogP contribution in [0.4, 0.5) is 0 Å². The molecule has 1 aromatic carbocycles. The van der Waals surface area contributed by atoms with Crippen molar-refractivity contribution in [3.63, 3.8) is 0 Å². The Labute approximate surface area is 147 Å². The van der Waals surface area contributed by atoms with Gasteiger partial charge in [0.15, 0.2) is 6.61 Å². The Hall–Kier alpha value is -2.30. The summed E-state index contributed by atoms with van der Waals surface area (Å²) in [4.78, 5) is 26.2. The van der Waals surface area contributed by atoms with Crippen LogP contribution in [0, 0.1) is 18.8 Å². The second-order valence-electron chi connectivity index (χ2n) is 7.34. The molecule has 0 bridgehead atoms. The Bertz CT molecular complexity index is 769. The van der Waals surface area contributed by atoms with Crippen LogP contribution < -0.4 is 0 Å². The summed E-state index contributed by atoms with van der Waals surface area (Å²) in [6.07, 6.45) is 2.83. The number of ether oxygens (including phenoxy) is 1. The molecule has 0 spiro atoms. The zero-order chi connectivity index (χ0) is 18.0. The molecule has 2 heterocycles.